The number of carboxylic acids is 1. The number of rotatable bonds is 9. The molecule has 0 radical (unpaired) electrons. The third-order valence-electron chi connectivity index (χ3n) is 7.97. The van der Waals surface area contributed by atoms with Crippen molar-refractivity contribution in [3.63, 3.8) is 0 Å². The molecule has 0 spiro atoms. The summed E-state index contributed by atoms with van der Waals surface area (Å²) in [4.78, 5) is 61.0. The van der Waals surface area contributed by atoms with E-state index < -0.39 is 24.4 Å². The van der Waals surface area contributed by atoms with Gasteiger partial charge >= 0.3 is 18.0 Å². The second kappa shape index (κ2) is 13.6. The predicted octanol–water partition coefficient (Wildman–Crippen LogP) is 4.90. The second-order valence-corrected chi connectivity index (χ2v) is 12.4. The normalized spacial score (nSPS) is 14.8. The van der Waals surface area contributed by atoms with Crippen LogP contribution < -0.4 is 20.7 Å². The van der Waals surface area contributed by atoms with Gasteiger partial charge in [0.25, 0.3) is 5.91 Å². The molecule has 15 heteroatoms. The van der Waals surface area contributed by atoms with Crippen molar-refractivity contribution in [2.75, 3.05) is 32.0 Å². The summed E-state index contributed by atoms with van der Waals surface area (Å²) in [6.45, 7) is 0.441. The minimum Gasteiger partial charge on any atom is -0.480 e. The van der Waals surface area contributed by atoms with Crippen molar-refractivity contribution in [3.8, 4) is 22.1 Å². The lowest BCUT2D eigenvalue weighted by Gasteiger charge is -2.36. The largest absolute Gasteiger partial charge is 0.480 e. The maximum atomic E-state index is 14.9. The van der Waals surface area contributed by atoms with Gasteiger partial charge in [-0.1, -0.05) is 0 Å². The molecular weight excluding hydrogens is 629 g/mol. The number of pyridine rings is 2. The van der Waals surface area contributed by atoms with Crippen molar-refractivity contribution < 1.29 is 33.4 Å². The highest BCUT2D eigenvalue weighted by molar-refractivity contribution is 7.22. The Bertz CT molecular complexity index is 1820. The summed E-state index contributed by atoms with van der Waals surface area (Å²) < 4.78 is 21.5. The second-order valence-electron chi connectivity index (χ2n) is 11.4. The number of aromatic nitrogens is 2. The van der Waals surface area contributed by atoms with Crippen LogP contribution in [0.25, 0.3) is 20.8 Å². The van der Waals surface area contributed by atoms with Crippen LogP contribution in [0.3, 0.4) is 0 Å². The first-order valence-corrected chi connectivity index (χ1v) is 15.9. The van der Waals surface area contributed by atoms with Crippen LogP contribution in [0.2, 0.25) is 0 Å². The molecule has 6 rings (SSSR count). The summed E-state index contributed by atoms with van der Waals surface area (Å²) in [6, 6.07) is 10.4. The van der Waals surface area contributed by atoms with Gasteiger partial charge in [0.1, 0.15) is 12.3 Å². The summed E-state index contributed by atoms with van der Waals surface area (Å²) in [5.74, 6) is -1.50. The van der Waals surface area contributed by atoms with Gasteiger partial charge in [-0.25, -0.2) is 14.0 Å². The smallest absolute Gasteiger partial charge is 0.323 e. The number of carbonyl (C=O) groups is 4. The summed E-state index contributed by atoms with van der Waals surface area (Å²) >= 11 is 1.37. The number of benzene rings is 1. The van der Waals surface area contributed by atoms with Crippen molar-refractivity contribution in [2.45, 2.75) is 37.8 Å². The van der Waals surface area contributed by atoms with E-state index >= 15 is 0 Å². The van der Waals surface area contributed by atoms with Gasteiger partial charge in [-0.3, -0.25) is 19.6 Å². The van der Waals surface area contributed by atoms with Crippen LogP contribution in [-0.4, -0.2) is 87.6 Å². The van der Waals surface area contributed by atoms with Gasteiger partial charge in [-0.05, 0) is 56.0 Å². The molecule has 1 aliphatic heterocycles. The van der Waals surface area contributed by atoms with Crippen LogP contribution in [0.5, 0.6) is 11.5 Å². The molecule has 0 unspecified atom stereocenters. The lowest BCUT2D eigenvalue weighted by Crippen LogP contribution is -2.50. The Kier molecular flexibility index (Phi) is 9.15. The van der Waals surface area contributed by atoms with E-state index in [0.29, 0.717) is 58.8 Å². The zero-order chi connectivity index (χ0) is 33.1. The molecule has 0 atom stereocenters. The lowest BCUT2D eigenvalue weighted by molar-refractivity contribution is -0.135. The number of nitrogens with one attached hydrogen (secondary N) is 3. The third kappa shape index (κ3) is 7.57. The van der Waals surface area contributed by atoms with Crippen LogP contribution in [-0.2, 0) is 4.79 Å². The molecule has 1 aliphatic carbocycles. The average molecular weight is 662 g/mol. The van der Waals surface area contributed by atoms with Crippen molar-refractivity contribution in [2.24, 2.45) is 0 Å². The van der Waals surface area contributed by atoms with E-state index in [-0.39, 0.29) is 29.8 Å². The number of anilines is 1. The number of ether oxygens (including phenoxy) is 1. The Morgan fingerprint density at radius 2 is 1.83 bits per heavy atom. The molecule has 2 fully saturated rings. The van der Waals surface area contributed by atoms with Gasteiger partial charge in [-0.15, -0.1) is 11.3 Å². The number of likely N-dealkylation sites (tertiary alicyclic amines) is 1. The van der Waals surface area contributed by atoms with Gasteiger partial charge in [-0.2, -0.15) is 0 Å². The Balaban J connectivity index is 1.08. The SMILES string of the molecule is CN(C(=O)NCC(=O)O)C1CCN(C(=O)c2ccc(-c3cc4nccc(Oc5ccc(NC(=O)NC6CC6)cc5F)c4s3)nc2)CC1. The zero-order valence-corrected chi connectivity index (χ0v) is 26.2. The van der Waals surface area contributed by atoms with Gasteiger partial charge in [0, 0.05) is 62.4 Å². The highest BCUT2D eigenvalue weighted by Gasteiger charge is 2.28. The van der Waals surface area contributed by atoms with E-state index in [0.717, 1.165) is 17.7 Å². The third-order valence-corrected chi connectivity index (χ3v) is 9.13. The molecule has 13 nitrogen and oxygen atoms in total. The van der Waals surface area contributed by atoms with Gasteiger partial charge in [0.05, 0.1) is 26.4 Å². The molecule has 2 aliphatic rings. The number of hydrogen-bond donors (Lipinski definition) is 4. The molecular formula is C32H32FN7O6S. The fraction of sp³-hybridized carbons (Fsp3) is 0.312. The van der Waals surface area contributed by atoms with Crippen molar-refractivity contribution in [1.82, 2.24) is 30.4 Å². The highest BCUT2D eigenvalue weighted by Crippen LogP contribution is 2.39. The summed E-state index contributed by atoms with van der Waals surface area (Å²) in [5, 5.41) is 16.5. The summed E-state index contributed by atoms with van der Waals surface area (Å²) in [6.07, 6.45) is 6.13. The Morgan fingerprint density at radius 3 is 2.51 bits per heavy atom. The minimum absolute atomic E-state index is 0.00118. The van der Waals surface area contributed by atoms with Crippen LogP contribution >= 0.6 is 11.3 Å². The lowest BCUT2D eigenvalue weighted by atomic mass is 10.0. The van der Waals surface area contributed by atoms with E-state index in [1.807, 2.05) is 6.07 Å². The van der Waals surface area contributed by atoms with Gasteiger partial charge in [0.2, 0.25) is 0 Å². The number of hydrogen-bond acceptors (Lipinski definition) is 8. The Hall–Kier alpha value is -5.31. The van der Waals surface area contributed by atoms with E-state index in [1.165, 1.54) is 34.6 Å². The number of piperidine rings is 1. The minimum atomic E-state index is -1.12. The number of carboxylic acid groups (broad SMARTS) is 1. The molecule has 4 N–H and O–H groups in total. The highest BCUT2D eigenvalue weighted by atomic mass is 32.1. The van der Waals surface area contributed by atoms with Crippen LogP contribution in [0.15, 0.2) is 54.9 Å². The summed E-state index contributed by atoms with van der Waals surface area (Å²) in [5.41, 5.74) is 2.02. The number of fused-ring (bicyclic) bond motifs is 1. The first-order valence-electron chi connectivity index (χ1n) is 15.1. The molecule has 0 bridgehead atoms. The van der Waals surface area contributed by atoms with Crippen LogP contribution in [0.1, 0.15) is 36.0 Å². The predicted molar refractivity (Wildman–Crippen MR) is 172 cm³/mol. The van der Waals surface area contributed by atoms with E-state index in [4.69, 9.17) is 9.84 Å². The standard InChI is InChI=1S/C32H32FN7O6S/c1-39(32(45)36-17-28(41)42)21-9-12-40(13-10-21)30(43)18-2-6-23(35-16-18)27-15-24-29(47-27)26(8-11-34-24)46-25-7-5-20(14-22(25)33)38-31(44)37-19-3-4-19/h2,5-8,11,14-16,19,21H,3-4,9-10,12-13,17H2,1H3,(H,36,45)(H,41,42)(H2,37,38,44). The van der Waals surface area contributed by atoms with Crippen molar-refractivity contribution in [1.29, 1.82) is 0 Å². The van der Waals surface area contributed by atoms with E-state index in [9.17, 15) is 23.6 Å². The van der Waals surface area contributed by atoms with E-state index in [2.05, 4.69) is 25.9 Å². The molecule has 5 amide bonds. The molecule has 4 heterocycles. The molecule has 1 aromatic carbocycles. The van der Waals surface area contributed by atoms with Crippen LogP contribution in [0.4, 0.5) is 19.7 Å². The van der Waals surface area contributed by atoms with Gasteiger partial charge in [0.15, 0.2) is 11.6 Å². The van der Waals surface area contributed by atoms with E-state index in [1.54, 1.807) is 42.4 Å². The van der Waals surface area contributed by atoms with Crippen LogP contribution in [0, 0.1) is 5.82 Å². The number of thiophene rings is 1. The molecule has 244 valence electrons. The number of urea groups is 2. The zero-order valence-electron chi connectivity index (χ0n) is 25.4. The molecule has 3 aromatic heterocycles. The fourth-order valence-electron chi connectivity index (χ4n) is 5.23. The Labute approximate surface area is 272 Å². The summed E-state index contributed by atoms with van der Waals surface area (Å²) in [7, 11) is 1.62. The van der Waals surface area contributed by atoms with Crippen molar-refractivity contribution in [3.05, 3.63) is 66.2 Å². The number of nitrogens with zero attached hydrogens (tertiary/aromatic N) is 4. The van der Waals surface area contributed by atoms with Gasteiger partial charge < -0.3 is 35.6 Å². The maximum Gasteiger partial charge on any atom is 0.323 e. The monoisotopic (exact) mass is 661 g/mol. The first kappa shape index (κ1) is 31.7. The number of amides is 5. The van der Waals surface area contributed by atoms with Crippen molar-refractivity contribution >= 4 is 51.2 Å². The molecule has 4 aromatic rings. The topological polar surface area (TPSA) is 166 Å². The molecule has 47 heavy (non-hydrogen) atoms. The quantitative estimate of drug-likeness (QED) is 0.197. The maximum absolute atomic E-state index is 14.9. The Morgan fingerprint density at radius 1 is 1.04 bits per heavy atom. The average Bonchev–Trinajstić information content (AvgIpc) is 3.77. The molecule has 1 saturated carbocycles. The number of halogens is 1. The fourth-order valence-corrected chi connectivity index (χ4v) is 6.27. The first-order chi connectivity index (χ1) is 22.6. The molecule has 1 saturated heterocycles. The number of aliphatic carboxylic acids is 1. The number of carbonyl (C=O) groups excluding carboxylic acids is 3.